The standard InChI is InChI=1S/C12H17F3N2/c1-17(2)11-7-4-3-6-10(11)16-9-5-8-12(13,14)15/h3-4,6-7,16H,5,8-9H2,1-2H3. The third kappa shape index (κ3) is 4.97. The molecule has 5 heteroatoms. The van der Waals surface area contributed by atoms with Crippen LogP contribution in [0, 0.1) is 0 Å². The van der Waals surface area contributed by atoms with Crippen LogP contribution in [0.3, 0.4) is 0 Å². The van der Waals surface area contributed by atoms with Gasteiger partial charge in [-0.15, -0.1) is 0 Å². The minimum absolute atomic E-state index is 0.0886. The summed E-state index contributed by atoms with van der Waals surface area (Å²) in [4.78, 5) is 1.92. The van der Waals surface area contributed by atoms with Gasteiger partial charge in [-0.2, -0.15) is 13.2 Å². The number of rotatable bonds is 5. The van der Waals surface area contributed by atoms with Crippen molar-refractivity contribution >= 4 is 11.4 Å². The van der Waals surface area contributed by atoms with Crippen LogP contribution in [-0.4, -0.2) is 26.8 Å². The van der Waals surface area contributed by atoms with E-state index < -0.39 is 12.6 Å². The van der Waals surface area contributed by atoms with Gasteiger partial charge in [0.15, 0.2) is 0 Å². The Morgan fingerprint density at radius 2 is 1.82 bits per heavy atom. The molecule has 0 aromatic heterocycles. The van der Waals surface area contributed by atoms with Gasteiger partial charge in [0, 0.05) is 27.1 Å². The first kappa shape index (κ1) is 13.7. The van der Waals surface area contributed by atoms with E-state index in [2.05, 4.69) is 5.32 Å². The first-order valence-electron chi connectivity index (χ1n) is 5.47. The average molecular weight is 246 g/mol. The Kier molecular flexibility index (Phi) is 4.66. The summed E-state index contributed by atoms with van der Waals surface area (Å²) in [6.07, 6.45) is -4.72. The van der Waals surface area contributed by atoms with Crippen LogP contribution in [0.1, 0.15) is 12.8 Å². The lowest BCUT2D eigenvalue weighted by molar-refractivity contribution is -0.134. The summed E-state index contributed by atoms with van der Waals surface area (Å²) in [5.74, 6) is 0. The lowest BCUT2D eigenvalue weighted by Crippen LogP contribution is -2.14. The van der Waals surface area contributed by atoms with Gasteiger partial charge in [-0.3, -0.25) is 0 Å². The Labute approximate surface area is 99.4 Å². The number of nitrogens with one attached hydrogen (secondary N) is 1. The van der Waals surface area contributed by atoms with Crippen LogP contribution in [0.2, 0.25) is 0 Å². The van der Waals surface area contributed by atoms with E-state index in [0.29, 0.717) is 6.54 Å². The fourth-order valence-electron chi connectivity index (χ4n) is 1.52. The Morgan fingerprint density at radius 3 is 2.41 bits per heavy atom. The summed E-state index contributed by atoms with van der Waals surface area (Å²) in [6, 6.07) is 7.55. The number of hydrogen-bond acceptors (Lipinski definition) is 2. The van der Waals surface area contributed by atoms with E-state index in [9.17, 15) is 13.2 Å². The maximum Gasteiger partial charge on any atom is 0.389 e. The largest absolute Gasteiger partial charge is 0.389 e. The Bertz CT molecular complexity index is 348. The van der Waals surface area contributed by atoms with Gasteiger partial charge in [0.2, 0.25) is 0 Å². The van der Waals surface area contributed by atoms with E-state index in [1.54, 1.807) is 0 Å². The first-order chi connectivity index (χ1) is 7.90. The SMILES string of the molecule is CN(C)c1ccccc1NCCCC(F)(F)F. The average Bonchev–Trinajstić information content (AvgIpc) is 2.23. The van der Waals surface area contributed by atoms with Gasteiger partial charge in [-0.25, -0.2) is 0 Å². The summed E-state index contributed by atoms with van der Waals surface area (Å²) in [5, 5.41) is 3.03. The van der Waals surface area contributed by atoms with Gasteiger partial charge in [-0.05, 0) is 18.6 Å². The summed E-state index contributed by atoms with van der Waals surface area (Å²) >= 11 is 0. The van der Waals surface area contributed by atoms with E-state index in [-0.39, 0.29) is 6.42 Å². The Hall–Kier alpha value is -1.39. The van der Waals surface area contributed by atoms with Gasteiger partial charge in [0.25, 0.3) is 0 Å². The molecule has 1 aromatic carbocycles. The molecule has 0 bridgehead atoms. The van der Waals surface area contributed by atoms with Gasteiger partial charge >= 0.3 is 6.18 Å². The van der Waals surface area contributed by atoms with Gasteiger partial charge < -0.3 is 10.2 Å². The second-order valence-corrected chi connectivity index (χ2v) is 4.06. The number of nitrogens with zero attached hydrogens (tertiary/aromatic N) is 1. The van der Waals surface area contributed by atoms with Crippen molar-refractivity contribution in [2.24, 2.45) is 0 Å². The number of halogens is 3. The molecule has 0 aliphatic rings. The predicted molar refractivity (Wildman–Crippen MR) is 64.5 cm³/mol. The lowest BCUT2D eigenvalue weighted by Gasteiger charge is -2.18. The van der Waals surface area contributed by atoms with Crippen molar-refractivity contribution in [3.8, 4) is 0 Å². The molecule has 0 radical (unpaired) electrons. The topological polar surface area (TPSA) is 15.3 Å². The third-order valence-corrected chi connectivity index (χ3v) is 2.34. The molecule has 0 aliphatic carbocycles. The van der Waals surface area contributed by atoms with E-state index in [0.717, 1.165) is 11.4 Å². The van der Waals surface area contributed by atoms with E-state index in [4.69, 9.17) is 0 Å². The Morgan fingerprint density at radius 1 is 1.18 bits per heavy atom. The lowest BCUT2D eigenvalue weighted by atomic mass is 10.2. The van der Waals surface area contributed by atoms with Crippen LogP contribution in [0.5, 0.6) is 0 Å². The van der Waals surface area contributed by atoms with Crippen molar-refractivity contribution in [3.05, 3.63) is 24.3 Å². The fourth-order valence-corrected chi connectivity index (χ4v) is 1.52. The van der Waals surface area contributed by atoms with Gasteiger partial charge in [-0.1, -0.05) is 12.1 Å². The highest BCUT2D eigenvalue weighted by Gasteiger charge is 2.25. The molecule has 1 rings (SSSR count). The summed E-state index contributed by atoms with van der Waals surface area (Å²) < 4.78 is 35.9. The number of hydrogen-bond donors (Lipinski definition) is 1. The molecular weight excluding hydrogens is 229 g/mol. The van der Waals surface area contributed by atoms with Crippen LogP contribution in [0.15, 0.2) is 24.3 Å². The van der Waals surface area contributed by atoms with Crippen LogP contribution >= 0.6 is 0 Å². The third-order valence-electron chi connectivity index (χ3n) is 2.34. The van der Waals surface area contributed by atoms with Crippen molar-refractivity contribution < 1.29 is 13.2 Å². The highest BCUT2D eigenvalue weighted by molar-refractivity contribution is 5.69. The molecule has 17 heavy (non-hydrogen) atoms. The zero-order chi connectivity index (χ0) is 12.9. The highest BCUT2D eigenvalue weighted by Crippen LogP contribution is 2.24. The van der Waals surface area contributed by atoms with E-state index >= 15 is 0 Å². The molecule has 0 saturated carbocycles. The minimum Gasteiger partial charge on any atom is -0.383 e. The molecule has 0 heterocycles. The van der Waals surface area contributed by atoms with Gasteiger partial charge in [0.05, 0.1) is 11.4 Å². The summed E-state index contributed by atoms with van der Waals surface area (Å²) in [5.41, 5.74) is 1.83. The molecule has 0 saturated heterocycles. The van der Waals surface area contributed by atoms with Crippen molar-refractivity contribution in [1.82, 2.24) is 0 Å². The van der Waals surface area contributed by atoms with Crippen molar-refractivity contribution in [1.29, 1.82) is 0 Å². The second kappa shape index (κ2) is 5.80. The molecule has 1 N–H and O–H groups in total. The molecular formula is C12H17F3N2. The molecule has 96 valence electrons. The second-order valence-electron chi connectivity index (χ2n) is 4.06. The number of para-hydroxylation sites is 2. The highest BCUT2D eigenvalue weighted by atomic mass is 19.4. The van der Waals surface area contributed by atoms with Crippen LogP contribution in [0.4, 0.5) is 24.5 Å². The van der Waals surface area contributed by atoms with Crippen molar-refractivity contribution in [2.45, 2.75) is 19.0 Å². The number of anilines is 2. The summed E-state index contributed by atoms with van der Waals surface area (Å²) in [7, 11) is 3.80. The van der Waals surface area contributed by atoms with Crippen LogP contribution in [-0.2, 0) is 0 Å². The molecule has 0 spiro atoms. The Balaban J connectivity index is 2.47. The van der Waals surface area contributed by atoms with Crippen LogP contribution in [0.25, 0.3) is 0 Å². The first-order valence-corrected chi connectivity index (χ1v) is 5.47. The smallest absolute Gasteiger partial charge is 0.383 e. The normalized spacial score (nSPS) is 11.4. The van der Waals surface area contributed by atoms with Crippen molar-refractivity contribution in [3.63, 3.8) is 0 Å². The maximum absolute atomic E-state index is 12.0. The van der Waals surface area contributed by atoms with Crippen LogP contribution < -0.4 is 10.2 Å². The predicted octanol–water partition coefficient (Wildman–Crippen LogP) is 3.51. The molecule has 0 amide bonds. The fraction of sp³-hybridized carbons (Fsp3) is 0.500. The number of alkyl halides is 3. The minimum atomic E-state index is -4.07. The molecule has 0 unspecified atom stereocenters. The monoisotopic (exact) mass is 246 g/mol. The zero-order valence-electron chi connectivity index (χ0n) is 10.0. The zero-order valence-corrected chi connectivity index (χ0v) is 10.0. The number of benzene rings is 1. The molecule has 1 aromatic rings. The van der Waals surface area contributed by atoms with E-state index in [1.165, 1.54) is 0 Å². The molecule has 0 atom stereocenters. The molecule has 0 aliphatic heterocycles. The van der Waals surface area contributed by atoms with Gasteiger partial charge in [0.1, 0.15) is 0 Å². The van der Waals surface area contributed by atoms with Crippen molar-refractivity contribution in [2.75, 3.05) is 30.9 Å². The summed E-state index contributed by atoms with van der Waals surface area (Å²) in [6.45, 7) is 0.324. The maximum atomic E-state index is 12.0. The van der Waals surface area contributed by atoms with E-state index in [1.807, 2.05) is 43.3 Å². The quantitative estimate of drug-likeness (QED) is 0.800. The molecule has 0 fully saturated rings. The molecule has 2 nitrogen and oxygen atoms in total.